The number of ether oxygens (including phenoxy) is 1. The molecule has 0 bridgehead atoms. The maximum absolute atomic E-state index is 13.4. The van der Waals surface area contributed by atoms with E-state index in [0.29, 0.717) is 17.7 Å². The highest BCUT2D eigenvalue weighted by atomic mass is 32.2. The maximum atomic E-state index is 13.4. The van der Waals surface area contributed by atoms with Gasteiger partial charge in [0.1, 0.15) is 11.4 Å². The summed E-state index contributed by atoms with van der Waals surface area (Å²) in [6.45, 7) is 2.65. The third-order valence-electron chi connectivity index (χ3n) is 6.66. The molecule has 6 nitrogen and oxygen atoms in total. The number of thiazole rings is 1. The molecule has 1 spiro atoms. The molecule has 0 saturated heterocycles. The van der Waals surface area contributed by atoms with Gasteiger partial charge in [-0.05, 0) is 56.4 Å². The predicted octanol–water partition coefficient (Wildman–Crippen LogP) is 4.98. The van der Waals surface area contributed by atoms with Crippen LogP contribution in [0.25, 0.3) is 10.2 Å². The second-order valence-corrected chi connectivity index (χ2v) is 11.6. The highest BCUT2D eigenvalue weighted by molar-refractivity contribution is 7.89. The summed E-state index contributed by atoms with van der Waals surface area (Å²) in [4.78, 5) is 12.5. The Bertz CT molecular complexity index is 1300. The van der Waals surface area contributed by atoms with Crippen molar-refractivity contribution in [2.45, 2.75) is 75.0 Å². The monoisotopic (exact) mass is 472 g/mol. The molecule has 1 atom stereocenters. The van der Waals surface area contributed by atoms with Crippen LogP contribution in [0.3, 0.4) is 0 Å². The van der Waals surface area contributed by atoms with Crippen LogP contribution in [0.15, 0.2) is 52.2 Å². The van der Waals surface area contributed by atoms with Gasteiger partial charge in [-0.3, -0.25) is 9.36 Å². The zero-order chi connectivity index (χ0) is 22.3. The number of para-hydroxylation sites is 1. The summed E-state index contributed by atoms with van der Waals surface area (Å²) in [6.07, 6.45) is 6.78. The van der Waals surface area contributed by atoms with Crippen LogP contribution in [0.1, 0.15) is 63.5 Å². The summed E-state index contributed by atoms with van der Waals surface area (Å²) < 4.78 is 38.6. The van der Waals surface area contributed by atoms with E-state index in [4.69, 9.17) is 4.74 Å². The van der Waals surface area contributed by atoms with Crippen molar-refractivity contribution in [1.82, 2.24) is 9.29 Å². The summed E-state index contributed by atoms with van der Waals surface area (Å²) in [5.74, 6) is 0.777. The number of sulfonamides is 1. The Morgan fingerprint density at radius 1 is 1.16 bits per heavy atom. The lowest BCUT2D eigenvalue weighted by Gasteiger charge is -2.44. The van der Waals surface area contributed by atoms with E-state index < -0.39 is 10.0 Å². The van der Waals surface area contributed by atoms with E-state index >= 15 is 0 Å². The van der Waals surface area contributed by atoms with Gasteiger partial charge < -0.3 is 4.74 Å². The highest BCUT2D eigenvalue weighted by Gasteiger charge is 2.42. The first-order valence-electron chi connectivity index (χ1n) is 11.3. The third kappa shape index (κ3) is 3.89. The molecule has 2 heterocycles. The fourth-order valence-corrected chi connectivity index (χ4v) is 7.40. The number of aryl methyl sites for hydroxylation is 1. The normalized spacial score (nSPS) is 20.2. The molecular weight excluding hydrogens is 444 g/mol. The molecule has 1 saturated carbocycles. The summed E-state index contributed by atoms with van der Waals surface area (Å²) in [6, 6.07) is 12.4. The molecule has 1 aliphatic carbocycles. The first-order valence-corrected chi connectivity index (χ1v) is 13.6. The van der Waals surface area contributed by atoms with Gasteiger partial charge in [-0.15, -0.1) is 0 Å². The maximum Gasteiger partial charge on any atom is 0.308 e. The van der Waals surface area contributed by atoms with Crippen LogP contribution < -0.4 is 14.3 Å². The van der Waals surface area contributed by atoms with Crippen molar-refractivity contribution >= 4 is 31.6 Å². The van der Waals surface area contributed by atoms with Crippen molar-refractivity contribution in [3.05, 3.63) is 57.7 Å². The fourth-order valence-electron chi connectivity index (χ4n) is 5.13. The van der Waals surface area contributed by atoms with Crippen molar-refractivity contribution in [2.75, 3.05) is 0 Å². The number of aromatic nitrogens is 1. The minimum absolute atomic E-state index is 0.0537. The van der Waals surface area contributed by atoms with Crippen LogP contribution in [0, 0.1) is 0 Å². The zero-order valence-electron chi connectivity index (χ0n) is 18.2. The predicted molar refractivity (Wildman–Crippen MR) is 127 cm³/mol. The van der Waals surface area contributed by atoms with E-state index in [-0.39, 0.29) is 21.4 Å². The number of benzene rings is 2. The minimum Gasteiger partial charge on any atom is -0.487 e. The molecule has 8 heteroatoms. The van der Waals surface area contributed by atoms with Gasteiger partial charge in [0.25, 0.3) is 0 Å². The Balaban J connectivity index is 1.49. The van der Waals surface area contributed by atoms with Crippen LogP contribution >= 0.6 is 11.3 Å². The first kappa shape index (κ1) is 21.7. The van der Waals surface area contributed by atoms with Gasteiger partial charge >= 0.3 is 4.87 Å². The lowest BCUT2D eigenvalue weighted by Crippen LogP contribution is -2.46. The van der Waals surface area contributed by atoms with Crippen molar-refractivity contribution in [3.63, 3.8) is 0 Å². The molecule has 0 amide bonds. The molecule has 2 aliphatic rings. The lowest BCUT2D eigenvalue weighted by molar-refractivity contribution is 0.0000754. The van der Waals surface area contributed by atoms with Crippen molar-refractivity contribution < 1.29 is 13.2 Å². The van der Waals surface area contributed by atoms with Gasteiger partial charge in [-0.2, -0.15) is 0 Å². The summed E-state index contributed by atoms with van der Waals surface area (Å²) in [7, 11) is -3.78. The summed E-state index contributed by atoms with van der Waals surface area (Å²) >= 11 is 1.10. The lowest BCUT2D eigenvalue weighted by atomic mass is 9.77. The number of rotatable bonds is 5. The second kappa shape index (κ2) is 8.32. The van der Waals surface area contributed by atoms with Crippen LogP contribution in [-0.4, -0.2) is 18.6 Å². The Morgan fingerprint density at radius 3 is 2.72 bits per heavy atom. The number of hydrogen-bond acceptors (Lipinski definition) is 5. The van der Waals surface area contributed by atoms with Gasteiger partial charge in [-0.25, -0.2) is 13.1 Å². The van der Waals surface area contributed by atoms with E-state index in [2.05, 4.69) is 4.72 Å². The molecule has 2 aromatic carbocycles. The SMILES string of the molecule is CCCn1c(=O)sc2cc(S(=O)(=O)N[C@@H]3CC4(CCCCC4)Oc4ccccc43)ccc21. The Labute approximate surface area is 192 Å². The summed E-state index contributed by atoms with van der Waals surface area (Å²) in [5.41, 5.74) is 1.37. The summed E-state index contributed by atoms with van der Waals surface area (Å²) in [5, 5.41) is 0. The smallest absolute Gasteiger partial charge is 0.308 e. The van der Waals surface area contributed by atoms with Crippen LogP contribution in [0.2, 0.25) is 0 Å². The Morgan fingerprint density at radius 2 is 1.94 bits per heavy atom. The average molecular weight is 473 g/mol. The van der Waals surface area contributed by atoms with E-state index in [1.54, 1.807) is 22.8 Å². The molecule has 5 rings (SSSR count). The number of hydrogen-bond donors (Lipinski definition) is 1. The fraction of sp³-hybridized carbons (Fsp3) is 0.458. The number of nitrogens with one attached hydrogen (secondary N) is 1. The van der Waals surface area contributed by atoms with E-state index in [1.165, 1.54) is 6.42 Å². The molecule has 1 fully saturated rings. The van der Waals surface area contributed by atoms with Crippen LogP contribution in [0.4, 0.5) is 0 Å². The standard InChI is InChI=1S/C24H28N2O4S2/c1-2-14-26-20-11-10-17(15-22(20)31-23(26)27)32(28,29)25-19-16-24(12-6-3-7-13-24)30-21-9-5-4-8-18(19)21/h4-5,8-11,15,19,25H,2-3,6-7,12-14,16H2,1H3/t19-/m1/s1. The van der Waals surface area contributed by atoms with E-state index in [1.807, 2.05) is 31.2 Å². The molecule has 1 N–H and O–H groups in total. The van der Waals surface area contributed by atoms with Crippen LogP contribution in [0.5, 0.6) is 5.75 Å². The van der Waals surface area contributed by atoms with E-state index in [9.17, 15) is 13.2 Å². The van der Waals surface area contributed by atoms with Crippen molar-refractivity contribution in [2.24, 2.45) is 0 Å². The zero-order valence-corrected chi connectivity index (χ0v) is 19.8. The molecule has 0 radical (unpaired) electrons. The molecule has 1 aromatic heterocycles. The number of nitrogens with zero attached hydrogens (tertiary/aromatic N) is 1. The van der Waals surface area contributed by atoms with Crippen molar-refractivity contribution in [1.29, 1.82) is 0 Å². The highest BCUT2D eigenvalue weighted by Crippen LogP contribution is 2.46. The van der Waals surface area contributed by atoms with Gasteiger partial charge in [-0.1, -0.05) is 42.9 Å². The second-order valence-electron chi connectivity index (χ2n) is 8.91. The van der Waals surface area contributed by atoms with E-state index in [0.717, 1.165) is 60.3 Å². The number of fused-ring (bicyclic) bond motifs is 2. The molecular formula is C24H28N2O4S2. The average Bonchev–Trinajstić information content (AvgIpc) is 3.09. The minimum atomic E-state index is -3.78. The first-order chi connectivity index (χ1) is 15.4. The van der Waals surface area contributed by atoms with Gasteiger partial charge in [0, 0.05) is 18.5 Å². The topological polar surface area (TPSA) is 77.4 Å². The van der Waals surface area contributed by atoms with Gasteiger partial charge in [0.2, 0.25) is 10.0 Å². The van der Waals surface area contributed by atoms with Crippen LogP contribution in [-0.2, 0) is 16.6 Å². The molecule has 170 valence electrons. The molecule has 0 unspecified atom stereocenters. The molecule has 3 aromatic rings. The quantitative estimate of drug-likeness (QED) is 0.568. The Hall–Kier alpha value is -2.16. The largest absolute Gasteiger partial charge is 0.487 e. The van der Waals surface area contributed by atoms with Crippen molar-refractivity contribution in [3.8, 4) is 5.75 Å². The molecule has 1 aliphatic heterocycles. The molecule has 32 heavy (non-hydrogen) atoms. The van der Waals surface area contributed by atoms with Gasteiger partial charge in [0.05, 0.1) is 21.2 Å². The third-order valence-corrected chi connectivity index (χ3v) is 9.07. The Kier molecular flexibility index (Phi) is 5.63. The van der Waals surface area contributed by atoms with Gasteiger partial charge in [0.15, 0.2) is 0 Å².